The van der Waals surface area contributed by atoms with Crippen LogP contribution in [0.4, 0.5) is 0 Å². The predicted octanol–water partition coefficient (Wildman–Crippen LogP) is 12.7. The molecule has 260 valence electrons. The molecule has 0 atom stereocenters. The summed E-state index contributed by atoms with van der Waals surface area (Å²) < 4.78 is 4.74. The molecule has 0 saturated carbocycles. The second kappa shape index (κ2) is 11.9. The van der Waals surface area contributed by atoms with E-state index in [-0.39, 0.29) is 0 Å². The highest BCUT2D eigenvalue weighted by Crippen LogP contribution is 2.54. The fourth-order valence-corrected chi connectivity index (χ4v) is 9.01. The Morgan fingerprint density at radius 1 is 0.411 bits per heavy atom. The maximum Gasteiger partial charge on any atom is 0.235 e. The highest BCUT2D eigenvalue weighted by molar-refractivity contribution is 6.32. The van der Waals surface area contributed by atoms with Crippen molar-refractivity contribution in [2.75, 3.05) is 0 Å². The van der Waals surface area contributed by atoms with Crippen LogP contribution in [0, 0.1) is 0 Å². The molecule has 56 heavy (non-hydrogen) atoms. The number of aromatic nitrogens is 5. The van der Waals surface area contributed by atoms with Gasteiger partial charge in [-0.1, -0.05) is 127 Å². The quantitative estimate of drug-likeness (QED) is 0.178. The second-order valence-electron chi connectivity index (χ2n) is 14.4. The van der Waals surface area contributed by atoms with Crippen molar-refractivity contribution in [3.8, 4) is 67.7 Å². The Balaban J connectivity index is 1.31. The van der Waals surface area contributed by atoms with Crippen LogP contribution in [0.15, 0.2) is 188 Å². The van der Waals surface area contributed by atoms with Crippen LogP contribution in [0.25, 0.3) is 111 Å². The van der Waals surface area contributed by atoms with E-state index in [1.165, 1.54) is 44.1 Å². The Bertz CT molecular complexity index is 3330. The average Bonchev–Trinajstić information content (AvgIpc) is 3.76. The number of fused-ring (bicyclic) bond motifs is 4. The summed E-state index contributed by atoms with van der Waals surface area (Å²) >= 11 is 0. The third-order valence-electron chi connectivity index (χ3n) is 11.3. The predicted molar refractivity (Wildman–Crippen MR) is 229 cm³/mol. The minimum atomic E-state index is 0.632. The van der Waals surface area contributed by atoms with Crippen molar-refractivity contribution < 1.29 is 0 Å². The maximum absolute atomic E-state index is 5.46. The highest BCUT2D eigenvalue weighted by Gasteiger charge is 2.32. The topological polar surface area (TPSA) is 48.5 Å². The van der Waals surface area contributed by atoms with E-state index in [1.807, 2.05) is 18.3 Å². The number of nitrogens with zero attached hydrogens (tertiary/aromatic N) is 5. The molecule has 0 unspecified atom stereocenters. The fraction of sp³-hybridized carbons (Fsp3) is 0. The van der Waals surface area contributed by atoms with Crippen molar-refractivity contribution in [1.82, 2.24) is 24.1 Å². The molecule has 0 spiro atoms. The molecule has 4 aromatic heterocycles. The van der Waals surface area contributed by atoms with Crippen molar-refractivity contribution in [3.63, 3.8) is 0 Å². The van der Waals surface area contributed by atoms with Crippen molar-refractivity contribution >= 4 is 43.6 Å². The molecule has 11 aromatic rings. The Morgan fingerprint density at radius 3 is 1.84 bits per heavy atom. The average molecular weight is 714 g/mol. The minimum absolute atomic E-state index is 0.632. The van der Waals surface area contributed by atoms with Crippen LogP contribution in [-0.2, 0) is 0 Å². The molecule has 4 heterocycles. The first-order valence-electron chi connectivity index (χ1n) is 19.0. The monoisotopic (exact) mass is 713 g/mol. The number of hydrogen-bond acceptors (Lipinski definition) is 3. The largest absolute Gasteiger partial charge is 0.309 e. The van der Waals surface area contributed by atoms with E-state index in [1.54, 1.807) is 0 Å². The summed E-state index contributed by atoms with van der Waals surface area (Å²) in [6.07, 6.45) is 1.87. The molecule has 0 radical (unpaired) electrons. The van der Waals surface area contributed by atoms with Gasteiger partial charge in [0, 0.05) is 50.1 Å². The van der Waals surface area contributed by atoms with Crippen molar-refractivity contribution in [2.45, 2.75) is 0 Å². The normalized spacial score (nSPS) is 11.9. The van der Waals surface area contributed by atoms with Gasteiger partial charge in [0.25, 0.3) is 0 Å². The number of pyridine rings is 1. The number of para-hydroxylation sites is 2. The molecule has 1 aliphatic rings. The zero-order valence-corrected chi connectivity index (χ0v) is 30.1. The summed E-state index contributed by atoms with van der Waals surface area (Å²) in [6, 6.07) is 64.6. The van der Waals surface area contributed by atoms with E-state index < -0.39 is 0 Å². The van der Waals surface area contributed by atoms with Gasteiger partial charge in [0.2, 0.25) is 5.95 Å². The number of rotatable bonds is 5. The lowest BCUT2D eigenvalue weighted by Crippen LogP contribution is -2.04. The van der Waals surface area contributed by atoms with E-state index in [9.17, 15) is 0 Å². The van der Waals surface area contributed by atoms with E-state index in [2.05, 4.69) is 179 Å². The number of hydrogen-bond donors (Lipinski definition) is 0. The van der Waals surface area contributed by atoms with Crippen molar-refractivity contribution in [1.29, 1.82) is 0 Å². The van der Waals surface area contributed by atoms with Gasteiger partial charge >= 0.3 is 0 Å². The zero-order valence-electron chi connectivity index (χ0n) is 30.1. The van der Waals surface area contributed by atoms with Gasteiger partial charge in [-0.3, -0.25) is 9.55 Å². The van der Waals surface area contributed by atoms with E-state index in [0.29, 0.717) is 5.95 Å². The molecule has 0 aliphatic heterocycles. The molecule has 0 N–H and O–H groups in total. The van der Waals surface area contributed by atoms with Crippen LogP contribution in [0.2, 0.25) is 0 Å². The lowest BCUT2D eigenvalue weighted by molar-refractivity contribution is 1.01. The first-order valence-corrected chi connectivity index (χ1v) is 19.0. The van der Waals surface area contributed by atoms with E-state index in [0.717, 1.165) is 61.2 Å². The third-order valence-corrected chi connectivity index (χ3v) is 11.3. The lowest BCUT2D eigenvalue weighted by Gasteiger charge is -2.16. The summed E-state index contributed by atoms with van der Waals surface area (Å²) in [7, 11) is 0. The SMILES string of the molecule is c1ccc(-c2nc(-n3c4cc(-c5ccccn5)cc5c4c4c6c(c(-c7ccccc7)n(-c7ccccc7)c6ccc43)-c3ccccc3-5)nc3ccccc23)cc1. The van der Waals surface area contributed by atoms with Crippen LogP contribution in [0.3, 0.4) is 0 Å². The summed E-state index contributed by atoms with van der Waals surface area (Å²) in [5, 5.41) is 4.61. The van der Waals surface area contributed by atoms with Gasteiger partial charge in [-0.25, -0.2) is 9.97 Å². The van der Waals surface area contributed by atoms with Crippen LogP contribution >= 0.6 is 0 Å². The van der Waals surface area contributed by atoms with Gasteiger partial charge < -0.3 is 4.57 Å². The molecule has 5 nitrogen and oxygen atoms in total. The van der Waals surface area contributed by atoms with E-state index >= 15 is 0 Å². The molecule has 0 saturated heterocycles. The standard InChI is InChI=1S/C51H31N5/c1-4-16-32(17-5-1)49-38-24-12-13-26-41(38)53-51(54-49)56-43-28-27-42-48-46(50(33-18-6-2-7-19-33)55(42)35-20-8-3-9-21-35)37-23-11-10-22-36(37)39-30-34(40-25-14-15-29-52-40)31-44(56)45(39)47(43)48/h1-31H. The van der Waals surface area contributed by atoms with Crippen LogP contribution < -0.4 is 0 Å². The molecule has 7 aromatic carbocycles. The third kappa shape index (κ3) is 4.39. The first-order chi connectivity index (χ1) is 27.8. The van der Waals surface area contributed by atoms with Crippen LogP contribution in [0.5, 0.6) is 0 Å². The fourth-order valence-electron chi connectivity index (χ4n) is 9.01. The number of benzene rings is 7. The molecular formula is C51H31N5. The summed E-state index contributed by atoms with van der Waals surface area (Å²) in [4.78, 5) is 15.7. The summed E-state index contributed by atoms with van der Waals surface area (Å²) in [5.74, 6) is 0.632. The van der Waals surface area contributed by atoms with Crippen LogP contribution in [0.1, 0.15) is 0 Å². The van der Waals surface area contributed by atoms with Crippen molar-refractivity contribution in [2.24, 2.45) is 0 Å². The van der Waals surface area contributed by atoms with Crippen molar-refractivity contribution in [3.05, 3.63) is 188 Å². The molecule has 5 heteroatoms. The lowest BCUT2D eigenvalue weighted by atomic mass is 9.91. The van der Waals surface area contributed by atoms with E-state index in [4.69, 9.17) is 15.0 Å². The Labute approximate surface area is 322 Å². The zero-order chi connectivity index (χ0) is 36.7. The smallest absolute Gasteiger partial charge is 0.235 e. The van der Waals surface area contributed by atoms with Gasteiger partial charge in [-0.15, -0.1) is 0 Å². The first kappa shape index (κ1) is 30.8. The molecule has 0 fully saturated rings. The molecule has 0 amide bonds. The van der Waals surface area contributed by atoms with Gasteiger partial charge in [-0.2, -0.15) is 0 Å². The molecule has 1 aliphatic carbocycles. The van der Waals surface area contributed by atoms with Crippen LogP contribution in [-0.4, -0.2) is 24.1 Å². The molecule has 0 bridgehead atoms. The Morgan fingerprint density at radius 2 is 1.07 bits per heavy atom. The summed E-state index contributed by atoms with van der Waals surface area (Å²) in [6.45, 7) is 0. The van der Waals surface area contributed by atoms with Gasteiger partial charge in [0.05, 0.1) is 39.1 Å². The minimum Gasteiger partial charge on any atom is -0.309 e. The maximum atomic E-state index is 5.46. The highest BCUT2D eigenvalue weighted by atomic mass is 15.2. The second-order valence-corrected chi connectivity index (χ2v) is 14.4. The molecule has 12 rings (SSSR count). The van der Waals surface area contributed by atoms with Gasteiger partial charge in [-0.05, 0) is 76.9 Å². The van der Waals surface area contributed by atoms with Gasteiger partial charge in [0.1, 0.15) is 0 Å². The Kier molecular flexibility index (Phi) is 6.56. The Hall–Kier alpha value is -7.63. The molecular weight excluding hydrogens is 683 g/mol. The summed E-state index contributed by atoms with van der Waals surface area (Å²) in [5.41, 5.74) is 16.3. The van der Waals surface area contributed by atoms with Gasteiger partial charge in [0.15, 0.2) is 0 Å².